The molecule has 0 aliphatic rings. The van der Waals surface area contributed by atoms with E-state index >= 15 is 0 Å². The summed E-state index contributed by atoms with van der Waals surface area (Å²) in [5, 5.41) is 4.20. The summed E-state index contributed by atoms with van der Waals surface area (Å²) < 4.78 is 10.5. The molecule has 5 heteroatoms. The molecule has 2 rings (SSSR count). The lowest BCUT2D eigenvalue weighted by molar-refractivity contribution is 0.0527. The SMILES string of the molecule is CCOC(=O)c1cnc2c(OC)cccc2c1NCC(C)C. The van der Waals surface area contributed by atoms with Gasteiger partial charge in [-0.05, 0) is 18.9 Å². The first-order chi connectivity index (χ1) is 10.6. The molecule has 0 spiro atoms. The predicted molar refractivity (Wildman–Crippen MR) is 87.6 cm³/mol. The molecule has 1 heterocycles. The Balaban J connectivity index is 2.59. The van der Waals surface area contributed by atoms with Crippen molar-refractivity contribution in [2.45, 2.75) is 20.8 Å². The molecule has 0 aliphatic heterocycles. The molecule has 0 unspecified atom stereocenters. The van der Waals surface area contributed by atoms with Crippen LogP contribution in [0.15, 0.2) is 24.4 Å². The van der Waals surface area contributed by atoms with Gasteiger partial charge in [0.15, 0.2) is 0 Å². The van der Waals surface area contributed by atoms with Gasteiger partial charge in [-0.3, -0.25) is 4.98 Å². The second-order valence-corrected chi connectivity index (χ2v) is 5.40. The lowest BCUT2D eigenvalue weighted by Crippen LogP contribution is -2.14. The van der Waals surface area contributed by atoms with Crippen LogP contribution in [0, 0.1) is 5.92 Å². The third-order valence-electron chi connectivity index (χ3n) is 3.26. The van der Waals surface area contributed by atoms with Crippen LogP contribution in [0.3, 0.4) is 0 Å². The minimum absolute atomic E-state index is 0.332. The Morgan fingerprint density at radius 1 is 1.36 bits per heavy atom. The molecule has 22 heavy (non-hydrogen) atoms. The minimum atomic E-state index is -0.369. The molecule has 0 aliphatic carbocycles. The second-order valence-electron chi connectivity index (χ2n) is 5.40. The Bertz CT molecular complexity index is 668. The highest BCUT2D eigenvalue weighted by Crippen LogP contribution is 2.32. The van der Waals surface area contributed by atoms with Crippen molar-refractivity contribution in [2.75, 3.05) is 25.6 Å². The van der Waals surface area contributed by atoms with Crippen LogP contribution in [0.5, 0.6) is 5.75 Å². The van der Waals surface area contributed by atoms with E-state index in [0.29, 0.717) is 23.8 Å². The maximum absolute atomic E-state index is 12.2. The molecule has 0 atom stereocenters. The standard InChI is InChI=1S/C17H22N2O3/c1-5-22-17(20)13-10-19-16-12(7-6-8-14(16)21-4)15(13)18-9-11(2)3/h6-8,10-11H,5,9H2,1-4H3,(H,18,19). The lowest BCUT2D eigenvalue weighted by Gasteiger charge is -2.16. The minimum Gasteiger partial charge on any atom is -0.494 e. The van der Waals surface area contributed by atoms with Gasteiger partial charge in [0.25, 0.3) is 0 Å². The van der Waals surface area contributed by atoms with Crippen LogP contribution >= 0.6 is 0 Å². The fourth-order valence-corrected chi connectivity index (χ4v) is 2.22. The third kappa shape index (κ3) is 3.30. The zero-order chi connectivity index (χ0) is 16.1. The van der Waals surface area contributed by atoms with Gasteiger partial charge in [0.05, 0.1) is 19.4 Å². The molecule has 0 amide bonds. The van der Waals surface area contributed by atoms with E-state index in [1.807, 2.05) is 18.2 Å². The second kappa shape index (κ2) is 7.11. The molecule has 0 radical (unpaired) electrons. The van der Waals surface area contributed by atoms with Crippen LogP contribution in [0.1, 0.15) is 31.1 Å². The van der Waals surface area contributed by atoms with Gasteiger partial charge in [-0.15, -0.1) is 0 Å². The normalized spacial score (nSPS) is 10.8. The molecule has 2 aromatic rings. The number of fused-ring (bicyclic) bond motifs is 1. The number of hydrogen-bond acceptors (Lipinski definition) is 5. The largest absolute Gasteiger partial charge is 0.494 e. The van der Waals surface area contributed by atoms with Crippen molar-refractivity contribution in [1.82, 2.24) is 4.98 Å². The van der Waals surface area contributed by atoms with E-state index < -0.39 is 0 Å². The van der Waals surface area contributed by atoms with Crippen molar-refractivity contribution < 1.29 is 14.3 Å². The first kappa shape index (κ1) is 16.1. The summed E-state index contributed by atoms with van der Waals surface area (Å²) in [7, 11) is 1.61. The molecule has 0 saturated carbocycles. The average molecular weight is 302 g/mol. The first-order valence-electron chi connectivity index (χ1n) is 7.45. The number of carbonyl (C=O) groups excluding carboxylic acids is 1. The number of aromatic nitrogens is 1. The number of rotatable bonds is 6. The first-order valence-corrected chi connectivity index (χ1v) is 7.45. The highest BCUT2D eigenvalue weighted by Gasteiger charge is 2.18. The van der Waals surface area contributed by atoms with Crippen molar-refractivity contribution in [2.24, 2.45) is 5.92 Å². The summed E-state index contributed by atoms with van der Waals surface area (Å²) in [6, 6.07) is 5.67. The number of anilines is 1. The van der Waals surface area contributed by atoms with Gasteiger partial charge in [0.1, 0.15) is 16.8 Å². The molecule has 1 aromatic heterocycles. The smallest absolute Gasteiger partial charge is 0.341 e. The van der Waals surface area contributed by atoms with Crippen LogP contribution < -0.4 is 10.1 Å². The Kier molecular flexibility index (Phi) is 5.20. The van der Waals surface area contributed by atoms with Crippen LogP contribution in [0.2, 0.25) is 0 Å². The fraction of sp³-hybridized carbons (Fsp3) is 0.412. The van der Waals surface area contributed by atoms with Crippen LogP contribution in [0.4, 0.5) is 5.69 Å². The van der Waals surface area contributed by atoms with E-state index in [0.717, 1.165) is 23.1 Å². The van der Waals surface area contributed by atoms with Gasteiger partial charge < -0.3 is 14.8 Å². The van der Waals surface area contributed by atoms with Crippen molar-refractivity contribution >= 4 is 22.6 Å². The Hall–Kier alpha value is -2.30. The zero-order valence-electron chi connectivity index (χ0n) is 13.5. The average Bonchev–Trinajstić information content (AvgIpc) is 2.51. The zero-order valence-corrected chi connectivity index (χ0v) is 13.5. The van der Waals surface area contributed by atoms with Crippen molar-refractivity contribution in [3.8, 4) is 5.75 Å². The van der Waals surface area contributed by atoms with Gasteiger partial charge in [-0.2, -0.15) is 0 Å². The van der Waals surface area contributed by atoms with E-state index in [2.05, 4.69) is 24.1 Å². The number of benzene rings is 1. The van der Waals surface area contributed by atoms with Gasteiger partial charge in [-0.1, -0.05) is 26.0 Å². The van der Waals surface area contributed by atoms with Crippen LogP contribution in [-0.4, -0.2) is 31.2 Å². The number of para-hydroxylation sites is 1. The maximum atomic E-state index is 12.2. The molecule has 118 valence electrons. The number of pyridine rings is 1. The monoisotopic (exact) mass is 302 g/mol. The van der Waals surface area contributed by atoms with Crippen LogP contribution in [0.25, 0.3) is 10.9 Å². The van der Waals surface area contributed by atoms with Gasteiger partial charge >= 0.3 is 5.97 Å². The molecule has 0 saturated heterocycles. The number of ether oxygens (including phenoxy) is 2. The number of esters is 1. The highest BCUT2D eigenvalue weighted by atomic mass is 16.5. The van der Waals surface area contributed by atoms with E-state index in [1.165, 1.54) is 0 Å². The van der Waals surface area contributed by atoms with E-state index in [-0.39, 0.29) is 5.97 Å². The molecule has 5 nitrogen and oxygen atoms in total. The van der Waals surface area contributed by atoms with E-state index in [9.17, 15) is 4.79 Å². The molecule has 0 fully saturated rings. The molecule has 0 bridgehead atoms. The molecular weight excluding hydrogens is 280 g/mol. The van der Waals surface area contributed by atoms with Gasteiger partial charge in [-0.25, -0.2) is 4.79 Å². The van der Waals surface area contributed by atoms with E-state index in [1.54, 1.807) is 20.2 Å². The topological polar surface area (TPSA) is 60.5 Å². The Morgan fingerprint density at radius 3 is 2.77 bits per heavy atom. The highest BCUT2D eigenvalue weighted by molar-refractivity contribution is 6.06. The maximum Gasteiger partial charge on any atom is 0.341 e. The molecule has 1 aromatic carbocycles. The summed E-state index contributed by atoms with van der Waals surface area (Å²) >= 11 is 0. The fourth-order valence-electron chi connectivity index (χ4n) is 2.22. The number of methoxy groups -OCH3 is 1. The van der Waals surface area contributed by atoms with Crippen molar-refractivity contribution in [3.63, 3.8) is 0 Å². The number of carbonyl (C=O) groups is 1. The van der Waals surface area contributed by atoms with Crippen molar-refractivity contribution in [3.05, 3.63) is 30.0 Å². The number of nitrogens with one attached hydrogen (secondary N) is 1. The molecular formula is C17H22N2O3. The predicted octanol–water partition coefficient (Wildman–Crippen LogP) is 3.49. The summed E-state index contributed by atoms with van der Waals surface area (Å²) in [6.45, 7) is 7.10. The molecule has 1 N–H and O–H groups in total. The summed E-state index contributed by atoms with van der Waals surface area (Å²) in [5.74, 6) is 0.760. The summed E-state index contributed by atoms with van der Waals surface area (Å²) in [6.07, 6.45) is 1.55. The van der Waals surface area contributed by atoms with Crippen LogP contribution in [-0.2, 0) is 4.74 Å². The quantitative estimate of drug-likeness (QED) is 0.828. The number of hydrogen-bond donors (Lipinski definition) is 1. The lowest BCUT2D eigenvalue weighted by atomic mass is 10.1. The van der Waals surface area contributed by atoms with Gasteiger partial charge in [0.2, 0.25) is 0 Å². The summed E-state index contributed by atoms with van der Waals surface area (Å²) in [4.78, 5) is 16.6. The van der Waals surface area contributed by atoms with Crippen molar-refractivity contribution in [1.29, 1.82) is 0 Å². The number of nitrogens with zero attached hydrogens (tertiary/aromatic N) is 1. The van der Waals surface area contributed by atoms with Gasteiger partial charge in [0, 0.05) is 18.1 Å². The Morgan fingerprint density at radius 2 is 2.14 bits per heavy atom. The third-order valence-corrected chi connectivity index (χ3v) is 3.26. The Labute approximate surface area is 130 Å². The van der Waals surface area contributed by atoms with E-state index in [4.69, 9.17) is 9.47 Å². The summed E-state index contributed by atoms with van der Waals surface area (Å²) in [5.41, 5.74) is 1.92.